The highest BCUT2D eigenvalue weighted by Crippen LogP contribution is 2.38. The Hall–Kier alpha value is -1.82. The first kappa shape index (κ1) is 18.2. The van der Waals surface area contributed by atoms with Gasteiger partial charge < -0.3 is 0 Å². The predicted molar refractivity (Wildman–Crippen MR) is 101 cm³/mol. The van der Waals surface area contributed by atoms with Crippen molar-refractivity contribution in [1.29, 1.82) is 0 Å². The van der Waals surface area contributed by atoms with Gasteiger partial charge in [-0.2, -0.15) is 0 Å². The zero-order chi connectivity index (χ0) is 16.8. The molecule has 0 fully saturated rings. The molecule has 0 saturated carbocycles. The van der Waals surface area contributed by atoms with Gasteiger partial charge in [-0.25, -0.2) is 0 Å². The van der Waals surface area contributed by atoms with Crippen LogP contribution in [0.4, 0.5) is 0 Å². The number of benzene rings is 1. The van der Waals surface area contributed by atoms with Gasteiger partial charge in [-0.05, 0) is 28.0 Å². The fraction of sp³-hybridized carbons (Fsp3) is 0.364. The van der Waals surface area contributed by atoms with Crippen LogP contribution in [0.15, 0.2) is 67.3 Å². The van der Waals surface area contributed by atoms with Gasteiger partial charge in [0.05, 0.1) is 0 Å². The summed E-state index contributed by atoms with van der Waals surface area (Å²) in [6.45, 7) is 18.8. The maximum absolute atomic E-state index is 3.97. The highest BCUT2D eigenvalue weighted by molar-refractivity contribution is 5.58. The smallest absolute Gasteiger partial charge is 0.0196 e. The molecule has 0 spiro atoms. The third kappa shape index (κ3) is 3.68. The van der Waals surface area contributed by atoms with E-state index in [1.807, 2.05) is 26.0 Å². The van der Waals surface area contributed by atoms with E-state index in [0.29, 0.717) is 5.92 Å². The summed E-state index contributed by atoms with van der Waals surface area (Å²) < 4.78 is 0. The molecule has 0 heterocycles. The van der Waals surface area contributed by atoms with E-state index in [1.54, 1.807) is 0 Å². The molecule has 0 bridgehead atoms. The van der Waals surface area contributed by atoms with Gasteiger partial charge >= 0.3 is 0 Å². The van der Waals surface area contributed by atoms with Gasteiger partial charge in [-0.15, -0.1) is 6.58 Å². The molecule has 2 atom stereocenters. The van der Waals surface area contributed by atoms with Crippen LogP contribution in [0.2, 0.25) is 0 Å². The molecule has 0 aliphatic heterocycles. The van der Waals surface area contributed by atoms with Crippen LogP contribution in [0, 0.1) is 11.8 Å². The third-order valence-corrected chi connectivity index (χ3v) is 4.59. The molecule has 0 radical (unpaired) electrons. The van der Waals surface area contributed by atoms with Crippen molar-refractivity contribution >= 4 is 6.08 Å². The van der Waals surface area contributed by atoms with Gasteiger partial charge in [-0.3, -0.25) is 0 Å². The Kier molecular flexibility index (Phi) is 6.61. The number of hydrogen-bond donors (Lipinski definition) is 0. The van der Waals surface area contributed by atoms with Crippen LogP contribution in [0.25, 0.3) is 6.08 Å². The number of hydrogen-bond acceptors (Lipinski definition) is 0. The minimum Gasteiger partial charge on any atom is -0.102 e. The second kappa shape index (κ2) is 7.98. The Labute approximate surface area is 137 Å². The van der Waals surface area contributed by atoms with Gasteiger partial charge in [-0.1, -0.05) is 95.8 Å². The molecule has 118 valence electrons. The highest BCUT2D eigenvalue weighted by atomic mass is 14.3. The summed E-state index contributed by atoms with van der Waals surface area (Å²) in [5.74, 6) is 0.663. The second-order valence-corrected chi connectivity index (χ2v) is 6.09. The van der Waals surface area contributed by atoms with Gasteiger partial charge in [0.25, 0.3) is 0 Å². The molecular formula is C22H30. The van der Waals surface area contributed by atoms with E-state index in [4.69, 9.17) is 0 Å². The largest absolute Gasteiger partial charge is 0.102 e. The maximum atomic E-state index is 3.97. The molecule has 0 heteroatoms. The normalized spacial score (nSPS) is 25.0. The van der Waals surface area contributed by atoms with Gasteiger partial charge in [0.2, 0.25) is 0 Å². The van der Waals surface area contributed by atoms with Gasteiger partial charge in [0.1, 0.15) is 0 Å². The van der Waals surface area contributed by atoms with Crippen LogP contribution in [-0.2, 0) is 5.41 Å². The molecule has 0 aromatic heterocycles. The fourth-order valence-electron chi connectivity index (χ4n) is 2.82. The van der Waals surface area contributed by atoms with Gasteiger partial charge in [0.15, 0.2) is 0 Å². The average molecular weight is 294 g/mol. The zero-order valence-electron chi connectivity index (χ0n) is 14.8. The van der Waals surface area contributed by atoms with Crippen LogP contribution in [0.1, 0.15) is 45.7 Å². The zero-order valence-corrected chi connectivity index (χ0v) is 14.8. The Morgan fingerprint density at radius 3 is 2.32 bits per heavy atom. The molecule has 0 N–H and O–H groups in total. The van der Waals surface area contributed by atoms with Crippen LogP contribution in [-0.4, -0.2) is 0 Å². The summed E-state index contributed by atoms with van der Waals surface area (Å²) in [5, 5.41) is 0. The predicted octanol–water partition coefficient (Wildman–Crippen LogP) is 6.57. The van der Waals surface area contributed by atoms with Crippen molar-refractivity contribution < 1.29 is 0 Å². The second-order valence-electron chi connectivity index (χ2n) is 6.09. The van der Waals surface area contributed by atoms with E-state index < -0.39 is 0 Å². The lowest BCUT2D eigenvalue weighted by molar-refractivity contribution is 0.407. The van der Waals surface area contributed by atoms with Crippen molar-refractivity contribution in [3.8, 4) is 0 Å². The van der Waals surface area contributed by atoms with Crippen LogP contribution in [0.5, 0.6) is 0 Å². The first-order chi connectivity index (χ1) is 10.5. The first-order valence-electron chi connectivity index (χ1n) is 8.25. The summed E-state index contributed by atoms with van der Waals surface area (Å²) in [5.41, 5.74) is 4.03. The minimum absolute atomic E-state index is 0.0885. The van der Waals surface area contributed by atoms with E-state index in [-0.39, 0.29) is 11.3 Å². The van der Waals surface area contributed by atoms with Crippen molar-refractivity contribution in [2.75, 3.05) is 0 Å². The summed E-state index contributed by atoms with van der Waals surface area (Å²) in [7, 11) is 0. The van der Waals surface area contributed by atoms with E-state index in [1.165, 1.54) is 16.7 Å². The third-order valence-electron chi connectivity index (χ3n) is 4.59. The lowest BCUT2D eigenvalue weighted by Gasteiger charge is -2.32. The molecule has 1 aromatic rings. The molecule has 22 heavy (non-hydrogen) atoms. The Morgan fingerprint density at radius 1 is 1.09 bits per heavy atom. The van der Waals surface area contributed by atoms with Crippen molar-refractivity contribution in [3.63, 3.8) is 0 Å². The summed E-state index contributed by atoms with van der Waals surface area (Å²) in [6.07, 6.45) is 10.7. The van der Waals surface area contributed by atoms with Crippen molar-refractivity contribution in [3.05, 3.63) is 78.4 Å². The van der Waals surface area contributed by atoms with Gasteiger partial charge in [0, 0.05) is 5.92 Å². The van der Waals surface area contributed by atoms with E-state index in [2.05, 4.69) is 76.4 Å². The minimum atomic E-state index is 0.0885. The Bertz CT molecular complexity index is 569. The van der Waals surface area contributed by atoms with Crippen LogP contribution < -0.4 is 0 Å². The molecular weight excluding hydrogens is 264 g/mol. The first-order valence-corrected chi connectivity index (χ1v) is 8.25. The SMILES string of the molecule is C=C/C1=C/C(C)C(C)(C)c2ccccc2C=CC1C=C.CC. The molecule has 0 nitrogen and oxygen atoms in total. The molecule has 1 aliphatic carbocycles. The lowest BCUT2D eigenvalue weighted by atomic mass is 9.72. The summed E-state index contributed by atoms with van der Waals surface area (Å²) in [4.78, 5) is 0. The monoisotopic (exact) mass is 294 g/mol. The Balaban J connectivity index is 0.00000116. The van der Waals surface area contributed by atoms with Crippen molar-refractivity contribution in [2.45, 2.75) is 40.0 Å². The highest BCUT2D eigenvalue weighted by Gasteiger charge is 2.29. The van der Waals surface area contributed by atoms with E-state index in [0.717, 1.165) is 0 Å². The van der Waals surface area contributed by atoms with Crippen LogP contribution in [0.3, 0.4) is 0 Å². The molecule has 1 aliphatic rings. The summed E-state index contributed by atoms with van der Waals surface area (Å²) >= 11 is 0. The maximum Gasteiger partial charge on any atom is 0.0196 e. The number of fused-ring (bicyclic) bond motifs is 1. The van der Waals surface area contributed by atoms with Crippen molar-refractivity contribution in [2.24, 2.45) is 11.8 Å². The average Bonchev–Trinajstić information content (AvgIpc) is 2.58. The standard InChI is InChI=1S/C20H24.C2H6/c1-6-16-12-13-18-10-8-9-11-19(18)20(4,5)15(3)14-17(16)7-2;1-2/h6-16H,1-2H2,3-5H3;1-2H3/b13-12?,17-14-;. The Morgan fingerprint density at radius 2 is 1.73 bits per heavy atom. The molecule has 2 rings (SSSR count). The summed E-state index contributed by atoms with van der Waals surface area (Å²) in [6, 6.07) is 8.67. The number of allylic oxidation sites excluding steroid dienone is 5. The van der Waals surface area contributed by atoms with E-state index in [9.17, 15) is 0 Å². The number of rotatable bonds is 2. The molecule has 1 aromatic carbocycles. The molecule has 0 amide bonds. The lowest BCUT2D eigenvalue weighted by Crippen LogP contribution is -2.26. The topological polar surface area (TPSA) is 0 Å². The molecule has 2 unspecified atom stereocenters. The molecule has 0 saturated heterocycles. The van der Waals surface area contributed by atoms with E-state index >= 15 is 0 Å². The van der Waals surface area contributed by atoms with Crippen LogP contribution >= 0.6 is 0 Å². The fourth-order valence-corrected chi connectivity index (χ4v) is 2.82. The quantitative estimate of drug-likeness (QED) is 0.541. The van der Waals surface area contributed by atoms with Crippen molar-refractivity contribution in [1.82, 2.24) is 0 Å².